The van der Waals surface area contributed by atoms with Crippen LogP contribution in [0.15, 0.2) is 48.5 Å². The van der Waals surface area contributed by atoms with Crippen molar-refractivity contribution in [3.05, 3.63) is 64.9 Å². The van der Waals surface area contributed by atoms with Crippen molar-refractivity contribution in [3.8, 4) is 0 Å². The molecule has 2 atom stereocenters. The third-order valence-electron chi connectivity index (χ3n) is 4.65. The van der Waals surface area contributed by atoms with E-state index < -0.39 is 0 Å². The summed E-state index contributed by atoms with van der Waals surface area (Å²) in [7, 11) is 0. The van der Waals surface area contributed by atoms with Crippen LogP contribution in [0.4, 0.5) is 14.9 Å². The van der Waals surface area contributed by atoms with E-state index in [2.05, 4.69) is 16.0 Å². The maximum Gasteiger partial charge on any atom is 0.319 e. The van der Waals surface area contributed by atoms with Crippen molar-refractivity contribution in [2.45, 2.75) is 25.3 Å². The fourth-order valence-electron chi connectivity index (χ4n) is 3.23. The number of hydrogen-bond donors (Lipinski definition) is 3. The third-order valence-corrected chi connectivity index (χ3v) is 4.88. The van der Waals surface area contributed by atoms with Gasteiger partial charge in [-0.1, -0.05) is 29.8 Å². The molecule has 0 radical (unpaired) electrons. The molecule has 4 nitrogen and oxygen atoms in total. The third kappa shape index (κ3) is 5.71. The van der Waals surface area contributed by atoms with Crippen LogP contribution in [0.5, 0.6) is 0 Å². The number of carbonyl (C=O) groups is 1. The molecule has 0 unspecified atom stereocenters. The van der Waals surface area contributed by atoms with E-state index in [9.17, 15) is 9.18 Å². The van der Waals surface area contributed by atoms with Gasteiger partial charge in [-0.3, -0.25) is 0 Å². The average Bonchev–Trinajstić information content (AvgIpc) is 2.63. The Morgan fingerprint density at radius 3 is 2.69 bits per heavy atom. The molecule has 0 aromatic heterocycles. The number of nitrogens with one attached hydrogen (secondary N) is 3. The van der Waals surface area contributed by atoms with Gasteiger partial charge in [0.1, 0.15) is 5.82 Å². The first-order valence-corrected chi connectivity index (χ1v) is 9.24. The summed E-state index contributed by atoms with van der Waals surface area (Å²) in [6, 6.07) is 13.8. The van der Waals surface area contributed by atoms with Gasteiger partial charge in [-0.05, 0) is 67.6 Å². The lowest BCUT2D eigenvalue weighted by molar-refractivity contribution is 0.247. The Balaban J connectivity index is 1.37. The Labute approximate surface area is 158 Å². The second-order valence-corrected chi connectivity index (χ2v) is 7.16. The maximum absolute atomic E-state index is 13.0. The molecule has 0 bridgehead atoms. The maximum atomic E-state index is 13.0. The molecule has 2 aromatic carbocycles. The van der Waals surface area contributed by atoms with Crippen LogP contribution >= 0.6 is 11.6 Å². The van der Waals surface area contributed by atoms with Crippen molar-refractivity contribution in [2.75, 3.05) is 18.4 Å². The van der Waals surface area contributed by atoms with Gasteiger partial charge in [0.2, 0.25) is 0 Å². The van der Waals surface area contributed by atoms with Crippen molar-refractivity contribution in [1.82, 2.24) is 10.6 Å². The van der Waals surface area contributed by atoms with Gasteiger partial charge >= 0.3 is 6.03 Å². The molecular formula is C20H23ClFN3O. The van der Waals surface area contributed by atoms with Gasteiger partial charge < -0.3 is 16.0 Å². The van der Waals surface area contributed by atoms with Crippen LogP contribution in [-0.2, 0) is 6.42 Å². The lowest BCUT2D eigenvalue weighted by Crippen LogP contribution is -2.47. The summed E-state index contributed by atoms with van der Waals surface area (Å²) < 4.78 is 13.0. The quantitative estimate of drug-likeness (QED) is 0.733. The first kappa shape index (κ1) is 18.7. The van der Waals surface area contributed by atoms with Gasteiger partial charge in [0, 0.05) is 23.3 Å². The van der Waals surface area contributed by atoms with Crippen LogP contribution < -0.4 is 16.0 Å². The van der Waals surface area contributed by atoms with Gasteiger partial charge in [-0.2, -0.15) is 0 Å². The molecule has 138 valence electrons. The minimum absolute atomic E-state index is 0.197. The molecule has 26 heavy (non-hydrogen) atoms. The fourth-order valence-corrected chi connectivity index (χ4v) is 3.42. The number of urea groups is 1. The van der Waals surface area contributed by atoms with Crippen molar-refractivity contribution < 1.29 is 9.18 Å². The molecule has 0 aliphatic carbocycles. The highest BCUT2D eigenvalue weighted by atomic mass is 35.5. The molecule has 0 spiro atoms. The van der Waals surface area contributed by atoms with E-state index in [1.165, 1.54) is 12.1 Å². The minimum Gasteiger partial charge on any atom is -0.336 e. The standard InChI is InChI=1S/C20H23ClFN3O/c21-16-2-1-3-18(11-16)25-20(26)24-13-19-9-6-15(12-23-19)10-14-4-7-17(22)8-5-14/h1-5,7-8,11,15,19,23H,6,9-10,12-13H2,(H2,24,25,26)/t15-,19+/m0/s1. The molecule has 1 saturated heterocycles. The predicted octanol–water partition coefficient (Wildman–Crippen LogP) is 4.21. The second-order valence-electron chi connectivity index (χ2n) is 6.72. The lowest BCUT2D eigenvalue weighted by Gasteiger charge is -2.30. The highest BCUT2D eigenvalue weighted by Crippen LogP contribution is 2.19. The smallest absolute Gasteiger partial charge is 0.319 e. The zero-order chi connectivity index (χ0) is 18.4. The summed E-state index contributed by atoms with van der Waals surface area (Å²) in [5.41, 5.74) is 1.83. The number of rotatable bonds is 5. The van der Waals surface area contributed by atoms with E-state index in [0.29, 0.717) is 23.2 Å². The zero-order valence-corrected chi connectivity index (χ0v) is 15.2. The first-order chi connectivity index (χ1) is 12.6. The molecule has 2 aromatic rings. The molecule has 1 aliphatic heterocycles. The Hall–Kier alpha value is -2.11. The van der Waals surface area contributed by atoms with Crippen LogP contribution in [0.2, 0.25) is 5.02 Å². The van der Waals surface area contributed by atoms with Crippen LogP contribution in [0.1, 0.15) is 18.4 Å². The minimum atomic E-state index is -0.234. The van der Waals surface area contributed by atoms with Crippen LogP contribution in [-0.4, -0.2) is 25.2 Å². The first-order valence-electron chi connectivity index (χ1n) is 8.87. The Kier molecular flexibility index (Phi) is 6.47. The van der Waals surface area contributed by atoms with Gasteiger partial charge in [-0.15, -0.1) is 0 Å². The summed E-state index contributed by atoms with van der Waals surface area (Å²) >= 11 is 5.91. The largest absolute Gasteiger partial charge is 0.336 e. The zero-order valence-electron chi connectivity index (χ0n) is 14.5. The topological polar surface area (TPSA) is 53.2 Å². The van der Waals surface area contributed by atoms with E-state index in [1.807, 2.05) is 12.1 Å². The molecule has 6 heteroatoms. The number of carbonyl (C=O) groups excluding carboxylic acids is 1. The second kappa shape index (κ2) is 9.01. The van der Waals surface area contributed by atoms with Gasteiger partial charge in [0.15, 0.2) is 0 Å². The summed E-state index contributed by atoms with van der Waals surface area (Å²) in [5, 5.41) is 9.75. The predicted molar refractivity (Wildman–Crippen MR) is 103 cm³/mol. The van der Waals surface area contributed by atoms with Crippen molar-refractivity contribution in [1.29, 1.82) is 0 Å². The molecule has 3 rings (SSSR count). The molecule has 1 heterocycles. The number of anilines is 1. The summed E-state index contributed by atoms with van der Waals surface area (Å²) in [4.78, 5) is 12.0. The summed E-state index contributed by atoms with van der Waals surface area (Å²) in [6.45, 7) is 1.48. The number of hydrogen-bond acceptors (Lipinski definition) is 2. The molecular weight excluding hydrogens is 353 g/mol. The van der Waals surface area contributed by atoms with Crippen molar-refractivity contribution in [2.24, 2.45) is 5.92 Å². The van der Waals surface area contributed by atoms with Gasteiger partial charge in [0.05, 0.1) is 0 Å². The summed E-state index contributed by atoms with van der Waals surface area (Å²) in [6.07, 6.45) is 3.04. The Bertz CT molecular complexity index is 730. The Morgan fingerprint density at radius 1 is 1.19 bits per heavy atom. The fraction of sp³-hybridized carbons (Fsp3) is 0.350. The molecule has 3 N–H and O–H groups in total. The molecule has 1 fully saturated rings. The molecule has 0 saturated carbocycles. The van der Waals surface area contributed by atoms with E-state index in [-0.39, 0.29) is 17.9 Å². The van der Waals surface area contributed by atoms with Crippen LogP contribution in [0.3, 0.4) is 0 Å². The normalized spacial score (nSPS) is 19.8. The number of piperidine rings is 1. The number of benzene rings is 2. The number of halogens is 2. The Morgan fingerprint density at radius 2 is 2.00 bits per heavy atom. The van der Waals surface area contributed by atoms with E-state index in [1.54, 1.807) is 24.3 Å². The average molecular weight is 376 g/mol. The highest BCUT2D eigenvalue weighted by molar-refractivity contribution is 6.30. The molecule has 2 amide bonds. The monoisotopic (exact) mass is 375 g/mol. The highest BCUT2D eigenvalue weighted by Gasteiger charge is 2.21. The van der Waals surface area contributed by atoms with Gasteiger partial charge in [0.25, 0.3) is 0 Å². The van der Waals surface area contributed by atoms with Crippen LogP contribution in [0, 0.1) is 11.7 Å². The number of amides is 2. The van der Waals surface area contributed by atoms with Crippen molar-refractivity contribution >= 4 is 23.3 Å². The van der Waals surface area contributed by atoms with E-state index >= 15 is 0 Å². The molecule has 1 aliphatic rings. The van der Waals surface area contributed by atoms with Gasteiger partial charge in [-0.25, -0.2) is 9.18 Å². The lowest BCUT2D eigenvalue weighted by atomic mass is 9.89. The summed E-state index contributed by atoms with van der Waals surface area (Å²) in [5.74, 6) is 0.342. The van der Waals surface area contributed by atoms with Crippen LogP contribution in [0.25, 0.3) is 0 Å². The van der Waals surface area contributed by atoms with E-state index in [4.69, 9.17) is 11.6 Å². The van der Waals surface area contributed by atoms with Crippen molar-refractivity contribution in [3.63, 3.8) is 0 Å². The van der Waals surface area contributed by atoms with E-state index in [0.717, 1.165) is 31.4 Å². The SMILES string of the molecule is O=C(NC[C@H]1CC[C@@H](Cc2ccc(F)cc2)CN1)Nc1cccc(Cl)c1.